The van der Waals surface area contributed by atoms with E-state index in [9.17, 15) is 0 Å². The highest BCUT2D eigenvalue weighted by atomic mass is 127. The van der Waals surface area contributed by atoms with Crippen molar-refractivity contribution >= 4 is 22.6 Å². The minimum atomic E-state index is 0.682. The highest BCUT2D eigenvalue weighted by molar-refractivity contribution is 14.1. The van der Waals surface area contributed by atoms with Crippen molar-refractivity contribution in [1.82, 2.24) is 9.78 Å². The fourth-order valence-corrected chi connectivity index (χ4v) is 2.38. The van der Waals surface area contributed by atoms with Gasteiger partial charge in [-0.15, -0.1) is 0 Å². The van der Waals surface area contributed by atoms with Gasteiger partial charge in [-0.05, 0) is 58.9 Å². The lowest BCUT2D eigenvalue weighted by Gasteiger charge is -2.02. The Morgan fingerprint density at radius 3 is 3.00 bits per heavy atom. The van der Waals surface area contributed by atoms with Crippen LogP contribution < -0.4 is 0 Å². The quantitative estimate of drug-likeness (QED) is 0.465. The van der Waals surface area contributed by atoms with Crippen LogP contribution in [0, 0.1) is 9.10 Å². The van der Waals surface area contributed by atoms with Gasteiger partial charge in [0.05, 0.1) is 17.6 Å². The molecular weight excluding hydrogens is 363 g/mol. The Kier molecular flexibility index (Phi) is 4.84. The summed E-state index contributed by atoms with van der Waals surface area (Å²) >= 11 is 2.28. The molecule has 0 aliphatic heterocycles. The number of benzene rings is 1. The Bertz CT molecular complexity index is 670. The highest BCUT2D eigenvalue weighted by Gasteiger charge is 2.05. The fourth-order valence-electron chi connectivity index (χ4n) is 1.85. The molecule has 0 amide bonds. The number of hydrogen-bond acceptors (Lipinski definition) is 3. The van der Waals surface area contributed by atoms with Gasteiger partial charge >= 0.3 is 0 Å². The van der Waals surface area contributed by atoms with Crippen LogP contribution in [0.3, 0.4) is 0 Å². The first-order valence-electron chi connectivity index (χ1n) is 6.13. The van der Waals surface area contributed by atoms with Gasteiger partial charge in [-0.1, -0.05) is 18.7 Å². The van der Waals surface area contributed by atoms with E-state index in [-0.39, 0.29) is 0 Å². The van der Waals surface area contributed by atoms with Crippen LogP contribution >= 0.6 is 22.6 Å². The molecule has 0 aliphatic rings. The molecule has 0 aliphatic carbocycles. The van der Waals surface area contributed by atoms with E-state index < -0.39 is 0 Å². The summed E-state index contributed by atoms with van der Waals surface area (Å²) in [5.41, 5.74) is 10.8. The van der Waals surface area contributed by atoms with Crippen LogP contribution in [0.5, 0.6) is 0 Å². The van der Waals surface area contributed by atoms with E-state index in [4.69, 9.17) is 5.53 Å². The van der Waals surface area contributed by atoms with Crippen LogP contribution in [0.1, 0.15) is 12.5 Å². The summed E-state index contributed by atoms with van der Waals surface area (Å²) in [6, 6.07) is 8.16. The summed E-state index contributed by atoms with van der Waals surface area (Å²) in [4.78, 5) is 0. The molecule has 2 aromatic rings. The Balaban J connectivity index is 2.26. The monoisotopic (exact) mass is 378 g/mol. The summed E-state index contributed by atoms with van der Waals surface area (Å²) in [6.07, 6.45) is 6.25. The Hall–Kier alpha value is -1.76. The minimum absolute atomic E-state index is 0.682. The molecule has 0 saturated heterocycles. The highest BCUT2D eigenvalue weighted by Crippen LogP contribution is 2.16. The van der Waals surface area contributed by atoms with Crippen molar-refractivity contribution in [2.75, 3.05) is 0 Å². The Morgan fingerprint density at radius 1 is 1.55 bits per heavy atom. The number of allylic oxidation sites excluding steroid dienone is 3. The molecule has 1 aromatic carbocycles. The third kappa shape index (κ3) is 3.41. The predicted molar refractivity (Wildman–Crippen MR) is 88.0 cm³/mol. The van der Waals surface area contributed by atoms with E-state index in [1.165, 1.54) is 3.57 Å². The zero-order chi connectivity index (χ0) is 14.5. The molecule has 1 heterocycles. The van der Waals surface area contributed by atoms with Crippen molar-refractivity contribution in [1.29, 1.82) is 5.53 Å². The van der Waals surface area contributed by atoms with E-state index >= 15 is 0 Å². The molecule has 0 fully saturated rings. The molecule has 0 bridgehead atoms. The molecule has 1 aromatic heterocycles. The lowest BCUT2D eigenvalue weighted by atomic mass is 10.1. The third-order valence-electron chi connectivity index (χ3n) is 2.98. The van der Waals surface area contributed by atoms with Crippen LogP contribution in [0.4, 0.5) is 0 Å². The van der Waals surface area contributed by atoms with Crippen molar-refractivity contribution < 1.29 is 0 Å². The van der Waals surface area contributed by atoms with Crippen molar-refractivity contribution in [3.8, 4) is 5.69 Å². The first-order chi connectivity index (χ1) is 9.63. The number of rotatable bonds is 5. The standard InChI is InChI=1S/C15H15IN4/c1-3-13(11(2)19-17)7-12-9-18-20(10-12)15-6-4-5-14(16)8-15/h3-6,8-10,17H,1,7H2,2H3/b13-11-,19-17?. The van der Waals surface area contributed by atoms with Crippen molar-refractivity contribution in [2.45, 2.75) is 13.3 Å². The van der Waals surface area contributed by atoms with Gasteiger partial charge in [0.1, 0.15) is 0 Å². The van der Waals surface area contributed by atoms with Gasteiger partial charge in [0, 0.05) is 16.2 Å². The van der Waals surface area contributed by atoms with Gasteiger partial charge in [0.25, 0.3) is 0 Å². The molecule has 0 spiro atoms. The summed E-state index contributed by atoms with van der Waals surface area (Å²) < 4.78 is 3.03. The van der Waals surface area contributed by atoms with E-state index in [1.807, 2.05) is 42.2 Å². The van der Waals surface area contributed by atoms with Crippen molar-refractivity contribution in [2.24, 2.45) is 5.11 Å². The molecule has 0 saturated carbocycles. The zero-order valence-electron chi connectivity index (χ0n) is 11.2. The smallest absolute Gasteiger partial charge is 0.0656 e. The molecule has 0 atom stereocenters. The van der Waals surface area contributed by atoms with Gasteiger partial charge in [0.2, 0.25) is 0 Å². The van der Waals surface area contributed by atoms with Crippen molar-refractivity contribution in [3.63, 3.8) is 0 Å². The number of nitrogens with zero attached hydrogens (tertiary/aromatic N) is 3. The maximum absolute atomic E-state index is 7.07. The van der Waals surface area contributed by atoms with Crippen LogP contribution in [0.25, 0.3) is 5.69 Å². The van der Waals surface area contributed by atoms with Crippen LogP contribution in [-0.4, -0.2) is 9.78 Å². The molecule has 1 N–H and O–H groups in total. The van der Waals surface area contributed by atoms with E-state index in [0.29, 0.717) is 12.1 Å². The van der Waals surface area contributed by atoms with Gasteiger partial charge in [-0.25, -0.2) is 10.2 Å². The molecule has 5 heteroatoms. The van der Waals surface area contributed by atoms with Gasteiger partial charge in [-0.2, -0.15) is 10.2 Å². The summed E-state index contributed by atoms with van der Waals surface area (Å²) in [5.74, 6) is 0. The zero-order valence-corrected chi connectivity index (χ0v) is 13.3. The largest absolute Gasteiger partial charge is 0.241 e. The molecule has 102 valence electrons. The summed E-state index contributed by atoms with van der Waals surface area (Å²) in [7, 11) is 0. The summed E-state index contributed by atoms with van der Waals surface area (Å²) in [5, 5.41) is 7.84. The Morgan fingerprint density at radius 2 is 2.35 bits per heavy atom. The lowest BCUT2D eigenvalue weighted by molar-refractivity contribution is 0.879. The predicted octanol–water partition coefficient (Wildman–Crippen LogP) is 4.51. The number of aromatic nitrogens is 2. The van der Waals surface area contributed by atoms with E-state index in [1.54, 1.807) is 6.08 Å². The van der Waals surface area contributed by atoms with Crippen LogP contribution in [0.15, 0.2) is 65.7 Å². The van der Waals surface area contributed by atoms with Gasteiger partial charge in [-0.3, -0.25) is 0 Å². The Labute approximate surface area is 131 Å². The lowest BCUT2D eigenvalue weighted by Crippen LogP contribution is -1.94. The van der Waals surface area contributed by atoms with Crippen LogP contribution in [0.2, 0.25) is 0 Å². The average Bonchev–Trinajstić information content (AvgIpc) is 2.92. The topological polar surface area (TPSA) is 54.0 Å². The van der Waals surface area contributed by atoms with Crippen molar-refractivity contribution in [3.05, 3.63) is 69.7 Å². The average molecular weight is 378 g/mol. The second-order valence-corrected chi connectivity index (χ2v) is 5.62. The van der Waals surface area contributed by atoms with E-state index in [2.05, 4.69) is 45.4 Å². The third-order valence-corrected chi connectivity index (χ3v) is 3.65. The molecule has 0 radical (unpaired) electrons. The van der Waals surface area contributed by atoms with Crippen LogP contribution in [-0.2, 0) is 6.42 Å². The number of hydrogen-bond donors (Lipinski definition) is 1. The minimum Gasteiger partial charge on any atom is -0.241 e. The van der Waals surface area contributed by atoms with Gasteiger partial charge in [0.15, 0.2) is 0 Å². The first kappa shape index (κ1) is 14.6. The molecule has 2 rings (SSSR count). The maximum atomic E-state index is 7.07. The maximum Gasteiger partial charge on any atom is 0.0656 e. The van der Waals surface area contributed by atoms with Gasteiger partial charge < -0.3 is 0 Å². The second-order valence-electron chi connectivity index (χ2n) is 4.38. The summed E-state index contributed by atoms with van der Waals surface area (Å²) in [6.45, 7) is 5.59. The normalized spacial score (nSPS) is 11.9. The molecule has 20 heavy (non-hydrogen) atoms. The fraction of sp³-hybridized carbons (Fsp3) is 0.133. The molecule has 0 unspecified atom stereocenters. The number of nitrogens with one attached hydrogen (secondary N) is 1. The molecular formula is C15H15IN4. The second kappa shape index (κ2) is 6.60. The SMILES string of the molecule is C=C/C(Cc1cnn(-c2cccc(I)c2)c1)=C(\C)N=N. The first-order valence-corrected chi connectivity index (χ1v) is 7.21. The van der Waals surface area contributed by atoms with E-state index in [0.717, 1.165) is 16.8 Å². The number of halogens is 1. The molecule has 4 nitrogen and oxygen atoms in total.